The minimum atomic E-state index is -3.74. The Morgan fingerprint density at radius 2 is 1.75 bits per heavy atom. The molecule has 1 heterocycles. The molecule has 0 saturated carbocycles. The summed E-state index contributed by atoms with van der Waals surface area (Å²) in [6, 6.07) is 8.43. The molecular formula is C20H22F2N2O3S. The fraction of sp³-hybridized carbons (Fsp3) is 0.350. The normalized spacial score (nSPS) is 20.7. The van der Waals surface area contributed by atoms with Gasteiger partial charge in [0.05, 0.1) is 10.6 Å². The maximum atomic E-state index is 13.8. The highest BCUT2D eigenvalue weighted by atomic mass is 32.2. The zero-order chi connectivity index (χ0) is 20.5. The number of anilines is 1. The van der Waals surface area contributed by atoms with Crippen LogP contribution >= 0.6 is 0 Å². The second-order valence-corrected chi connectivity index (χ2v) is 9.31. The first-order chi connectivity index (χ1) is 13.2. The topological polar surface area (TPSA) is 66.5 Å². The largest absolute Gasteiger partial charge is 0.319 e. The van der Waals surface area contributed by atoms with Gasteiger partial charge in [0.1, 0.15) is 11.6 Å². The zero-order valence-electron chi connectivity index (χ0n) is 15.7. The number of amides is 1. The van der Waals surface area contributed by atoms with E-state index in [1.165, 1.54) is 28.6 Å². The Morgan fingerprint density at radius 1 is 1.07 bits per heavy atom. The van der Waals surface area contributed by atoms with Crippen molar-refractivity contribution in [3.8, 4) is 0 Å². The molecule has 5 nitrogen and oxygen atoms in total. The van der Waals surface area contributed by atoms with Gasteiger partial charge in [-0.25, -0.2) is 17.2 Å². The molecule has 1 amide bonds. The smallest absolute Gasteiger partial charge is 0.255 e. The first kappa shape index (κ1) is 20.4. The van der Waals surface area contributed by atoms with Gasteiger partial charge in [0.2, 0.25) is 10.0 Å². The maximum Gasteiger partial charge on any atom is 0.255 e. The van der Waals surface area contributed by atoms with E-state index in [0.29, 0.717) is 19.2 Å². The first-order valence-electron chi connectivity index (χ1n) is 9.03. The summed E-state index contributed by atoms with van der Waals surface area (Å²) in [5, 5.41) is 2.34. The van der Waals surface area contributed by atoms with Crippen LogP contribution in [-0.2, 0) is 10.0 Å². The van der Waals surface area contributed by atoms with E-state index in [4.69, 9.17) is 0 Å². The Balaban J connectivity index is 1.84. The van der Waals surface area contributed by atoms with Crippen LogP contribution in [0.3, 0.4) is 0 Å². The van der Waals surface area contributed by atoms with Gasteiger partial charge in [-0.2, -0.15) is 4.31 Å². The number of sulfonamides is 1. The lowest BCUT2D eigenvalue weighted by atomic mass is 9.94. The average Bonchev–Trinajstić information content (AvgIpc) is 2.63. The van der Waals surface area contributed by atoms with Crippen molar-refractivity contribution in [1.82, 2.24) is 4.31 Å². The highest BCUT2D eigenvalue weighted by molar-refractivity contribution is 7.89. The van der Waals surface area contributed by atoms with Gasteiger partial charge < -0.3 is 5.32 Å². The molecule has 1 aliphatic rings. The Morgan fingerprint density at radius 3 is 2.39 bits per heavy atom. The summed E-state index contributed by atoms with van der Waals surface area (Å²) in [6.45, 7) is 4.90. The summed E-state index contributed by atoms with van der Waals surface area (Å²) in [5.41, 5.74) is -0.110. The number of carbonyl (C=O) groups excluding carboxylic acids is 1. The Labute approximate surface area is 163 Å². The molecule has 2 aromatic rings. The van der Waals surface area contributed by atoms with Gasteiger partial charge in [0.25, 0.3) is 5.91 Å². The zero-order valence-corrected chi connectivity index (χ0v) is 16.5. The van der Waals surface area contributed by atoms with Gasteiger partial charge in [0, 0.05) is 24.7 Å². The lowest BCUT2D eigenvalue weighted by Gasteiger charge is -2.34. The molecule has 1 saturated heterocycles. The molecular weight excluding hydrogens is 386 g/mol. The molecule has 1 N–H and O–H groups in total. The maximum absolute atomic E-state index is 13.8. The predicted molar refractivity (Wildman–Crippen MR) is 102 cm³/mol. The summed E-state index contributed by atoms with van der Waals surface area (Å²) < 4.78 is 54.2. The Hall–Kier alpha value is -2.32. The van der Waals surface area contributed by atoms with Crippen molar-refractivity contribution in [2.45, 2.75) is 25.2 Å². The number of hydrogen-bond donors (Lipinski definition) is 1. The number of carbonyl (C=O) groups is 1. The molecule has 150 valence electrons. The third-order valence-electron chi connectivity index (χ3n) is 4.75. The molecule has 1 fully saturated rings. The number of benzene rings is 2. The lowest BCUT2D eigenvalue weighted by molar-refractivity contribution is 0.102. The third kappa shape index (κ3) is 4.39. The van der Waals surface area contributed by atoms with Gasteiger partial charge in [-0.05, 0) is 48.6 Å². The van der Waals surface area contributed by atoms with Crippen molar-refractivity contribution < 1.29 is 22.0 Å². The monoisotopic (exact) mass is 408 g/mol. The summed E-state index contributed by atoms with van der Waals surface area (Å²) >= 11 is 0. The van der Waals surface area contributed by atoms with Crippen molar-refractivity contribution in [2.75, 3.05) is 18.4 Å². The first-order valence-corrected chi connectivity index (χ1v) is 10.5. The van der Waals surface area contributed by atoms with Crippen molar-refractivity contribution in [3.05, 3.63) is 59.7 Å². The number of rotatable bonds is 4. The highest BCUT2D eigenvalue weighted by Crippen LogP contribution is 2.27. The molecule has 8 heteroatoms. The van der Waals surface area contributed by atoms with Crippen LogP contribution in [-0.4, -0.2) is 31.7 Å². The molecule has 3 rings (SSSR count). The van der Waals surface area contributed by atoms with E-state index >= 15 is 0 Å². The number of nitrogens with zero attached hydrogens (tertiary/aromatic N) is 1. The predicted octanol–water partition coefficient (Wildman–Crippen LogP) is 3.88. The van der Waals surface area contributed by atoms with Crippen LogP contribution in [0.15, 0.2) is 47.4 Å². The van der Waals surface area contributed by atoms with Crippen LogP contribution in [0.25, 0.3) is 0 Å². The van der Waals surface area contributed by atoms with Crippen molar-refractivity contribution >= 4 is 21.6 Å². The number of halogens is 2. The Kier molecular flexibility index (Phi) is 5.81. The Bertz CT molecular complexity index is 985. The quantitative estimate of drug-likeness (QED) is 0.835. The molecule has 0 spiro atoms. The fourth-order valence-electron chi connectivity index (χ4n) is 3.53. The molecule has 2 aromatic carbocycles. The SMILES string of the molecule is CC1CC(C)CN(S(=O)(=O)c2cccc(C(=O)Nc3ccc(F)cc3F)c2)C1. The minimum absolute atomic E-state index is 0.0148. The molecule has 0 bridgehead atoms. The van der Waals surface area contributed by atoms with Gasteiger partial charge >= 0.3 is 0 Å². The second-order valence-electron chi connectivity index (χ2n) is 7.37. The lowest BCUT2D eigenvalue weighted by Crippen LogP contribution is -2.42. The van der Waals surface area contributed by atoms with Crippen molar-refractivity contribution in [1.29, 1.82) is 0 Å². The van der Waals surface area contributed by atoms with Crippen molar-refractivity contribution in [2.24, 2.45) is 11.8 Å². The van der Waals surface area contributed by atoms with Gasteiger partial charge in [-0.15, -0.1) is 0 Å². The van der Waals surface area contributed by atoms with Gasteiger partial charge in [0.15, 0.2) is 0 Å². The van der Waals surface area contributed by atoms with E-state index in [1.807, 2.05) is 13.8 Å². The van der Waals surface area contributed by atoms with E-state index < -0.39 is 27.6 Å². The average molecular weight is 408 g/mol. The minimum Gasteiger partial charge on any atom is -0.319 e. The van der Waals surface area contributed by atoms with Crippen LogP contribution in [0.5, 0.6) is 0 Å². The molecule has 1 aliphatic heterocycles. The standard InChI is InChI=1S/C20H22F2N2O3S/c1-13-8-14(2)12-24(11-13)28(26,27)17-5-3-4-15(9-17)20(25)23-19-7-6-16(21)10-18(19)22/h3-7,9-10,13-14H,8,11-12H2,1-2H3,(H,23,25). The summed E-state index contributed by atoms with van der Waals surface area (Å²) in [6.07, 6.45) is 0.970. The number of piperidine rings is 1. The summed E-state index contributed by atoms with van der Waals surface area (Å²) in [7, 11) is -3.74. The van der Waals surface area contributed by atoms with E-state index in [0.717, 1.165) is 18.6 Å². The van der Waals surface area contributed by atoms with E-state index in [9.17, 15) is 22.0 Å². The second kappa shape index (κ2) is 7.97. The molecule has 0 radical (unpaired) electrons. The molecule has 2 atom stereocenters. The van der Waals surface area contributed by atoms with Crippen LogP contribution in [0.1, 0.15) is 30.6 Å². The summed E-state index contributed by atoms with van der Waals surface area (Å²) in [5.74, 6) is -1.83. The summed E-state index contributed by atoms with van der Waals surface area (Å²) in [4.78, 5) is 12.4. The van der Waals surface area contributed by atoms with Crippen LogP contribution < -0.4 is 5.32 Å². The fourth-order valence-corrected chi connectivity index (χ4v) is 5.26. The van der Waals surface area contributed by atoms with Gasteiger partial charge in [-0.3, -0.25) is 4.79 Å². The number of nitrogens with one attached hydrogen (secondary N) is 1. The van der Waals surface area contributed by atoms with Crippen LogP contribution in [0.4, 0.5) is 14.5 Å². The van der Waals surface area contributed by atoms with Gasteiger partial charge in [-0.1, -0.05) is 19.9 Å². The third-order valence-corrected chi connectivity index (χ3v) is 6.58. The van der Waals surface area contributed by atoms with Crippen LogP contribution in [0, 0.1) is 23.5 Å². The van der Waals surface area contributed by atoms with Crippen molar-refractivity contribution in [3.63, 3.8) is 0 Å². The molecule has 0 aromatic heterocycles. The number of hydrogen-bond acceptors (Lipinski definition) is 3. The van der Waals surface area contributed by atoms with Crippen LogP contribution in [0.2, 0.25) is 0 Å². The van der Waals surface area contributed by atoms with E-state index in [1.54, 1.807) is 0 Å². The molecule has 28 heavy (non-hydrogen) atoms. The molecule has 0 aliphatic carbocycles. The van der Waals surface area contributed by atoms with E-state index in [-0.39, 0.29) is 28.0 Å². The van der Waals surface area contributed by atoms with E-state index in [2.05, 4.69) is 5.32 Å². The molecule has 2 unspecified atom stereocenters. The highest BCUT2D eigenvalue weighted by Gasteiger charge is 2.32.